The second kappa shape index (κ2) is 4.07. The van der Waals surface area contributed by atoms with Gasteiger partial charge in [0.1, 0.15) is 0 Å². The summed E-state index contributed by atoms with van der Waals surface area (Å²) in [6.45, 7) is 0.899. The number of fused-ring (bicyclic) bond motifs is 1. The van der Waals surface area contributed by atoms with Gasteiger partial charge in [-0.1, -0.05) is 6.07 Å². The van der Waals surface area contributed by atoms with Crippen molar-refractivity contribution in [3.63, 3.8) is 0 Å². The molecule has 3 heteroatoms. The van der Waals surface area contributed by atoms with E-state index in [0.29, 0.717) is 0 Å². The van der Waals surface area contributed by atoms with E-state index < -0.39 is 0 Å². The van der Waals surface area contributed by atoms with Gasteiger partial charge in [0.2, 0.25) is 0 Å². The molecule has 74 valence electrons. The van der Waals surface area contributed by atoms with Crippen molar-refractivity contribution in [1.82, 2.24) is 10.3 Å². The molecule has 0 aliphatic heterocycles. The number of nitrogens with one attached hydrogen (secondary N) is 2. The second-order valence-electron chi connectivity index (χ2n) is 3.38. The summed E-state index contributed by atoms with van der Waals surface area (Å²) in [6, 6.07) is 6.42. The van der Waals surface area contributed by atoms with Crippen LogP contribution in [0.15, 0.2) is 24.4 Å². The smallest absolute Gasteiger partial charge is 0.0457 e. The first kappa shape index (κ1) is 9.62. The van der Waals surface area contributed by atoms with Gasteiger partial charge in [-0.25, -0.2) is 0 Å². The molecule has 0 atom stereocenters. The Morgan fingerprint density at radius 3 is 3.00 bits per heavy atom. The molecule has 0 fully saturated rings. The summed E-state index contributed by atoms with van der Waals surface area (Å²) < 4.78 is 0. The summed E-state index contributed by atoms with van der Waals surface area (Å²) in [5.74, 6) is 0.792. The molecule has 0 amide bonds. The number of thiol groups is 1. The van der Waals surface area contributed by atoms with Crippen molar-refractivity contribution in [2.45, 2.75) is 12.3 Å². The standard InChI is InChI=1S/C11H14N2S/c1-12-5-9-6-13-11-3-2-8(7-14)4-10(9)11/h2-4,6,12-14H,5,7H2,1H3. The van der Waals surface area contributed by atoms with E-state index in [9.17, 15) is 0 Å². The molecule has 1 aromatic carbocycles. The van der Waals surface area contributed by atoms with Gasteiger partial charge >= 0.3 is 0 Å². The first-order valence-corrected chi connectivity index (χ1v) is 5.32. The van der Waals surface area contributed by atoms with E-state index in [1.54, 1.807) is 0 Å². The highest BCUT2D eigenvalue weighted by atomic mass is 32.1. The van der Waals surface area contributed by atoms with Crippen molar-refractivity contribution in [1.29, 1.82) is 0 Å². The Bertz CT molecular complexity index is 434. The van der Waals surface area contributed by atoms with Gasteiger partial charge in [-0.2, -0.15) is 12.6 Å². The van der Waals surface area contributed by atoms with Crippen molar-refractivity contribution in [3.8, 4) is 0 Å². The van der Waals surface area contributed by atoms with Gasteiger partial charge in [0.25, 0.3) is 0 Å². The largest absolute Gasteiger partial charge is 0.361 e. The quantitative estimate of drug-likeness (QED) is 0.661. The van der Waals surface area contributed by atoms with Crippen molar-refractivity contribution in [2.24, 2.45) is 0 Å². The Morgan fingerprint density at radius 2 is 2.29 bits per heavy atom. The zero-order chi connectivity index (χ0) is 9.97. The lowest BCUT2D eigenvalue weighted by atomic mass is 10.1. The molecule has 0 spiro atoms. The summed E-state index contributed by atoms with van der Waals surface area (Å²) in [4.78, 5) is 3.26. The predicted molar refractivity (Wildman–Crippen MR) is 63.8 cm³/mol. The minimum atomic E-state index is 0.792. The molecular weight excluding hydrogens is 192 g/mol. The lowest BCUT2D eigenvalue weighted by Gasteiger charge is -1.99. The van der Waals surface area contributed by atoms with Crippen LogP contribution in [0, 0.1) is 0 Å². The van der Waals surface area contributed by atoms with Crippen molar-refractivity contribution in [3.05, 3.63) is 35.5 Å². The van der Waals surface area contributed by atoms with Crippen LogP contribution in [0.3, 0.4) is 0 Å². The normalized spacial score (nSPS) is 11.0. The van der Waals surface area contributed by atoms with E-state index in [1.807, 2.05) is 7.05 Å². The van der Waals surface area contributed by atoms with E-state index in [2.05, 4.69) is 47.3 Å². The third-order valence-corrected chi connectivity index (χ3v) is 2.75. The fourth-order valence-electron chi connectivity index (χ4n) is 1.66. The monoisotopic (exact) mass is 206 g/mol. The number of hydrogen-bond acceptors (Lipinski definition) is 2. The van der Waals surface area contributed by atoms with Crippen LogP contribution < -0.4 is 5.32 Å². The summed E-state index contributed by atoms with van der Waals surface area (Å²) in [5, 5.41) is 4.46. The number of aromatic amines is 1. The van der Waals surface area contributed by atoms with Crippen molar-refractivity contribution >= 4 is 23.5 Å². The average Bonchev–Trinajstić information content (AvgIpc) is 2.61. The number of H-pyrrole nitrogens is 1. The molecule has 1 heterocycles. The molecule has 2 nitrogen and oxygen atoms in total. The molecule has 0 radical (unpaired) electrons. The zero-order valence-electron chi connectivity index (χ0n) is 8.17. The molecule has 0 unspecified atom stereocenters. The molecule has 0 saturated heterocycles. The Hall–Kier alpha value is -0.930. The third-order valence-electron chi connectivity index (χ3n) is 2.38. The van der Waals surface area contributed by atoms with Crippen LogP contribution in [-0.2, 0) is 12.3 Å². The van der Waals surface area contributed by atoms with E-state index in [1.165, 1.54) is 22.0 Å². The Labute approximate surface area is 89.1 Å². The Balaban J connectivity index is 2.52. The fraction of sp³-hybridized carbons (Fsp3) is 0.273. The van der Waals surface area contributed by atoms with Gasteiger partial charge in [-0.05, 0) is 30.3 Å². The van der Waals surface area contributed by atoms with Crippen LogP contribution in [-0.4, -0.2) is 12.0 Å². The lowest BCUT2D eigenvalue weighted by Crippen LogP contribution is -2.03. The molecule has 0 aliphatic carbocycles. The van der Waals surface area contributed by atoms with Gasteiger partial charge in [0.15, 0.2) is 0 Å². The first-order valence-electron chi connectivity index (χ1n) is 4.69. The van der Waals surface area contributed by atoms with Gasteiger partial charge in [-0.15, -0.1) is 0 Å². The van der Waals surface area contributed by atoms with Gasteiger partial charge in [-0.3, -0.25) is 0 Å². The summed E-state index contributed by atoms with van der Waals surface area (Å²) in [5.41, 5.74) is 3.77. The molecule has 0 saturated carbocycles. The minimum Gasteiger partial charge on any atom is -0.361 e. The molecule has 2 N–H and O–H groups in total. The van der Waals surface area contributed by atoms with Gasteiger partial charge in [0.05, 0.1) is 0 Å². The molecule has 0 aliphatic rings. The molecule has 14 heavy (non-hydrogen) atoms. The highest BCUT2D eigenvalue weighted by molar-refractivity contribution is 7.79. The van der Waals surface area contributed by atoms with Crippen LogP contribution in [0.1, 0.15) is 11.1 Å². The van der Waals surface area contributed by atoms with E-state index >= 15 is 0 Å². The fourth-order valence-corrected chi connectivity index (χ4v) is 1.86. The Kier molecular flexibility index (Phi) is 2.79. The van der Waals surface area contributed by atoms with Crippen LogP contribution in [0.5, 0.6) is 0 Å². The highest BCUT2D eigenvalue weighted by Gasteiger charge is 2.02. The van der Waals surface area contributed by atoms with E-state index in [4.69, 9.17) is 0 Å². The van der Waals surface area contributed by atoms with Crippen LogP contribution in [0.4, 0.5) is 0 Å². The average molecular weight is 206 g/mol. The van der Waals surface area contributed by atoms with E-state index in [0.717, 1.165) is 12.3 Å². The van der Waals surface area contributed by atoms with Crippen LogP contribution in [0.2, 0.25) is 0 Å². The first-order chi connectivity index (χ1) is 6.85. The number of aromatic nitrogens is 1. The van der Waals surface area contributed by atoms with Crippen LogP contribution in [0.25, 0.3) is 10.9 Å². The Morgan fingerprint density at radius 1 is 1.43 bits per heavy atom. The lowest BCUT2D eigenvalue weighted by molar-refractivity contribution is 0.823. The van der Waals surface area contributed by atoms with Gasteiger partial charge < -0.3 is 10.3 Å². The maximum atomic E-state index is 4.28. The maximum Gasteiger partial charge on any atom is 0.0457 e. The predicted octanol–water partition coefficient (Wildman–Crippen LogP) is 2.32. The van der Waals surface area contributed by atoms with E-state index in [-0.39, 0.29) is 0 Å². The minimum absolute atomic E-state index is 0.792. The van der Waals surface area contributed by atoms with Crippen LogP contribution >= 0.6 is 12.6 Å². The molecule has 1 aromatic heterocycles. The summed E-state index contributed by atoms with van der Waals surface area (Å²) in [7, 11) is 1.96. The summed E-state index contributed by atoms with van der Waals surface area (Å²) >= 11 is 4.28. The third kappa shape index (κ3) is 1.65. The zero-order valence-corrected chi connectivity index (χ0v) is 9.07. The summed E-state index contributed by atoms with van der Waals surface area (Å²) in [6.07, 6.45) is 2.06. The molecular formula is C11H14N2S. The van der Waals surface area contributed by atoms with Gasteiger partial charge in [0, 0.05) is 29.4 Å². The van der Waals surface area contributed by atoms with Crippen molar-refractivity contribution < 1.29 is 0 Å². The maximum absolute atomic E-state index is 4.28. The number of benzene rings is 1. The highest BCUT2D eigenvalue weighted by Crippen LogP contribution is 2.20. The molecule has 0 bridgehead atoms. The SMILES string of the molecule is CNCc1c[nH]c2ccc(CS)cc12. The van der Waals surface area contributed by atoms with Crippen molar-refractivity contribution in [2.75, 3.05) is 7.05 Å². The second-order valence-corrected chi connectivity index (χ2v) is 3.70. The molecule has 2 rings (SSSR count). The topological polar surface area (TPSA) is 27.8 Å². The number of hydrogen-bond donors (Lipinski definition) is 3. The number of rotatable bonds is 3. The molecule has 2 aromatic rings.